The molecule has 7 nitrogen and oxygen atoms in total. The molecule has 0 unspecified atom stereocenters. The number of carbonyl (C=O) groups excluding carboxylic acids is 1. The van der Waals surface area contributed by atoms with Crippen LogP contribution in [0.15, 0.2) is 28.7 Å². The van der Waals surface area contributed by atoms with Gasteiger partial charge in [-0.2, -0.15) is 5.10 Å². The summed E-state index contributed by atoms with van der Waals surface area (Å²) in [7, 11) is 0. The van der Waals surface area contributed by atoms with Gasteiger partial charge < -0.3 is 4.42 Å². The molecular weight excluding hydrogens is 353 g/mol. The van der Waals surface area contributed by atoms with Gasteiger partial charge in [-0.15, -0.1) is 5.10 Å². The maximum atomic E-state index is 12.2. The van der Waals surface area contributed by atoms with Crippen LogP contribution < -0.4 is 5.32 Å². The van der Waals surface area contributed by atoms with Crippen molar-refractivity contribution in [1.82, 2.24) is 20.0 Å². The predicted molar refractivity (Wildman–Crippen MR) is 90.3 cm³/mol. The molecule has 0 fully saturated rings. The van der Waals surface area contributed by atoms with Crippen LogP contribution >= 0.6 is 23.2 Å². The van der Waals surface area contributed by atoms with E-state index in [1.54, 1.807) is 28.9 Å². The highest BCUT2D eigenvalue weighted by atomic mass is 35.5. The van der Waals surface area contributed by atoms with Crippen molar-refractivity contribution in [1.29, 1.82) is 0 Å². The zero-order chi connectivity index (χ0) is 17.3. The Kier molecular flexibility index (Phi) is 4.55. The van der Waals surface area contributed by atoms with Gasteiger partial charge in [-0.25, -0.2) is 0 Å². The average molecular weight is 366 g/mol. The molecule has 0 atom stereocenters. The summed E-state index contributed by atoms with van der Waals surface area (Å²) in [6.45, 7) is 4.50. The van der Waals surface area contributed by atoms with E-state index in [-0.39, 0.29) is 17.6 Å². The number of nitrogens with one attached hydrogen (secondary N) is 1. The molecule has 9 heteroatoms. The highest BCUT2D eigenvalue weighted by molar-refractivity contribution is 6.35. The lowest BCUT2D eigenvalue weighted by molar-refractivity contribution is 0.101. The van der Waals surface area contributed by atoms with E-state index in [4.69, 9.17) is 27.6 Å². The summed E-state index contributed by atoms with van der Waals surface area (Å²) in [5, 5.41) is 15.3. The van der Waals surface area contributed by atoms with E-state index >= 15 is 0 Å². The lowest BCUT2D eigenvalue weighted by Gasteiger charge is -1.98. The maximum Gasteiger partial charge on any atom is 0.322 e. The summed E-state index contributed by atoms with van der Waals surface area (Å²) < 4.78 is 7.15. The number of rotatable bonds is 4. The Balaban J connectivity index is 1.79. The van der Waals surface area contributed by atoms with Crippen LogP contribution in [0.5, 0.6) is 0 Å². The molecule has 1 amide bonds. The van der Waals surface area contributed by atoms with Gasteiger partial charge in [0.2, 0.25) is 5.89 Å². The Bertz CT molecular complexity index is 883. The third kappa shape index (κ3) is 3.42. The molecule has 124 valence electrons. The summed E-state index contributed by atoms with van der Waals surface area (Å²) >= 11 is 11.9. The number of carbonyl (C=O) groups is 1. The standard InChI is InChI=1S/C15H13Cl2N5O2/c1-3-22-8(2)4-12(21-22)13(23)18-15-20-19-14(24-15)9-5-10(16)7-11(17)6-9/h4-7H,3H2,1-2H3,(H,18,20,23). The smallest absolute Gasteiger partial charge is 0.322 e. The van der Waals surface area contributed by atoms with Crippen LogP contribution in [0, 0.1) is 6.92 Å². The van der Waals surface area contributed by atoms with Crippen LogP contribution in [-0.2, 0) is 6.54 Å². The number of amides is 1. The molecule has 2 aromatic heterocycles. The predicted octanol–water partition coefficient (Wildman–Crippen LogP) is 3.82. The van der Waals surface area contributed by atoms with Crippen molar-refractivity contribution < 1.29 is 9.21 Å². The Hall–Kier alpha value is -2.38. The second-order valence-corrected chi connectivity index (χ2v) is 5.88. The van der Waals surface area contributed by atoms with Gasteiger partial charge in [-0.05, 0) is 38.1 Å². The van der Waals surface area contributed by atoms with Crippen LogP contribution in [0.2, 0.25) is 10.0 Å². The van der Waals surface area contributed by atoms with Crippen molar-refractivity contribution in [2.45, 2.75) is 20.4 Å². The minimum Gasteiger partial charge on any atom is -0.403 e. The van der Waals surface area contributed by atoms with Crippen molar-refractivity contribution in [3.8, 4) is 11.5 Å². The highest BCUT2D eigenvalue weighted by Crippen LogP contribution is 2.27. The molecule has 0 bridgehead atoms. The van der Waals surface area contributed by atoms with Gasteiger partial charge in [0.1, 0.15) is 0 Å². The summed E-state index contributed by atoms with van der Waals surface area (Å²) in [4.78, 5) is 12.2. The maximum absolute atomic E-state index is 12.2. The third-order valence-electron chi connectivity index (χ3n) is 3.27. The van der Waals surface area contributed by atoms with E-state index in [0.29, 0.717) is 22.2 Å². The first kappa shape index (κ1) is 16.5. The molecule has 0 saturated heterocycles. The topological polar surface area (TPSA) is 85.8 Å². The SMILES string of the molecule is CCn1nc(C(=O)Nc2nnc(-c3cc(Cl)cc(Cl)c3)o2)cc1C. The highest BCUT2D eigenvalue weighted by Gasteiger charge is 2.16. The summed E-state index contributed by atoms with van der Waals surface area (Å²) in [6.07, 6.45) is 0. The number of anilines is 1. The normalized spacial score (nSPS) is 10.8. The Morgan fingerprint density at radius 3 is 2.54 bits per heavy atom. The second-order valence-electron chi connectivity index (χ2n) is 5.01. The Morgan fingerprint density at radius 2 is 1.92 bits per heavy atom. The third-order valence-corrected chi connectivity index (χ3v) is 3.70. The number of aromatic nitrogens is 4. The second kappa shape index (κ2) is 6.62. The number of hydrogen-bond donors (Lipinski definition) is 1. The van der Waals surface area contributed by atoms with Crippen LogP contribution in [0.25, 0.3) is 11.5 Å². The molecular formula is C15H13Cl2N5O2. The van der Waals surface area contributed by atoms with E-state index in [1.165, 1.54) is 0 Å². The number of aryl methyl sites for hydroxylation is 2. The molecule has 3 rings (SSSR count). The molecule has 24 heavy (non-hydrogen) atoms. The molecule has 3 aromatic rings. The zero-order valence-electron chi connectivity index (χ0n) is 12.9. The minimum atomic E-state index is -0.426. The molecule has 1 aromatic carbocycles. The zero-order valence-corrected chi connectivity index (χ0v) is 14.4. The van der Waals surface area contributed by atoms with Crippen molar-refractivity contribution >= 4 is 35.1 Å². The number of hydrogen-bond acceptors (Lipinski definition) is 5. The van der Waals surface area contributed by atoms with E-state index in [2.05, 4.69) is 20.6 Å². The molecule has 2 heterocycles. The monoisotopic (exact) mass is 365 g/mol. The van der Waals surface area contributed by atoms with Crippen LogP contribution in [-0.4, -0.2) is 25.9 Å². The van der Waals surface area contributed by atoms with Gasteiger partial charge in [0, 0.05) is 27.8 Å². The molecule has 0 saturated carbocycles. The van der Waals surface area contributed by atoms with E-state index in [0.717, 1.165) is 5.69 Å². The number of benzene rings is 1. The van der Waals surface area contributed by atoms with Gasteiger partial charge >= 0.3 is 6.01 Å². The molecule has 0 spiro atoms. The molecule has 0 aliphatic rings. The van der Waals surface area contributed by atoms with E-state index < -0.39 is 5.91 Å². The van der Waals surface area contributed by atoms with Crippen molar-refractivity contribution in [2.75, 3.05) is 5.32 Å². The van der Waals surface area contributed by atoms with Crippen LogP contribution in [0.3, 0.4) is 0 Å². The van der Waals surface area contributed by atoms with Gasteiger partial charge in [0.25, 0.3) is 5.91 Å². The fraction of sp³-hybridized carbons (Fsp3) is 0.200. The van der Waals surface area contributed by atoms with Crippen LogP contribution in [0.1, 0.15) is 23.1 Å². The summed E-state index contributed by atoms with van der Waals surface area (Å²) in [6, 6.07) is 6.53. The van der Waals surface area contributed by atoms with E-state index in [1.807, 2.05) is 13.8 Å². The van der Waals surface area contributed by atoms with Gasteiger partial charge in [0.05, 0.1) is 0 Å². The first-order valence-electron chi connectivity index (χ1n) is 7.12. The first-order valence-corrected chi connectivity index (χ1v) is 7.87. The van der Waals surface area contributed by atoms with Crippen molar-refractivity contribution in [2.24, 2.45) is 0 Å². The summed E-state index contributed by atoms with van der Waals surface area (Å²) in [5.41, 5.74) is 1.73. The first-order chi connectivity index (χ1) is 11.5. The molecule has 0 aliphatic heterocycles. The van der Waals surface area contributed by atoms with Crippen LogP contribution in [0.4, 0.5) is 6.01 Å². The molecule has 1 N–H and O–H groups in total. The molecule has 0 aliphatic carbocycles. The van der Waals surface area contributed by atoms with Crippen molar-refractivity contribution in [3.63, 3.8) is 0 Å². The summed E-state index contributed by atoms with van der Waals surface area (Å²) in [5.74, 6) is -0.227. The van der Waals surface area contributed by atoms with Gasteiger partial charge in [0.15, 0.2) is 5.69 Å². The lowest BCUT2D eigenvalue weighted by atomic mass is 10.2. The van der Waals surface area contributed by atoms with E-state index in [9.17, 15) is 4.79 Å². The largest absolute Gasteiger partial charge is 0.403 e. The lowest BCUT2D eigenvalue weighted by Crippen LogP contribution is -2.13. The fourth-order valence-corrected chi connectivity index (χ4v) is 2.70. The van der Waals surface area contributed by atoms with Crippen molar-refractivity contribution in [3.05, 3.63) is 45.7 Å². The quantitative estimate of drug-likeness (QED) is 0.759. The Labute approximate surface area is 147 Å². The minimum absolute atomic E-state index is 0.0326. The number of nitrogens with zero attached hydrogens (tertiary/aromatic N) is 4. The number of halogens is 2. The Morgan fingerprint density at radius 1 is 1.21 bits per heavy atom. The molecule has 0 radical (unpaired) electrons. The van der Waals surface area contributed by atoms with Gasteiger partial charge in [-0.3, -0.25) is 14.8 Å². The average Bonchev–Trinajstić information content (AvgIpc) is 3.12. The van der Waals surface area contributed by atoms with Gasteiger partial charge in [-0.1, -0.05) is 28.3 Å². The fourth-order valence-electron chi connectivity index (χ4n) is 2.17.